The zero-order valence-electron chi connectivity index (χ0n) is 15.6. The predicted octanol–water partition coefficient (Wildman–Crippen LogP) is 3.33. The number of fused-ring (bicyclic) bond motifs is 1. The van der Waals surface area contributed by atoms with E-state index in [1.165, 1.54) is 18.2 Å². The molecule has 2 aliphatic rings. The van der Waals surface area contributed by atoms with Crippen molar-refractivity contribution in [3.05, 3.63) is 88.5 Å². The number of hydroxylamine groups is 1. The topological polar surface area (TPSA) is 102 Å². The predicted molar refractivity (Wildman–Crippen MR) is 109 cm³/mol. The van der Waals surface area contributed by atoms with Crippen LogP contribution >= 0.6 is 0 Å². The molecule has 3 aromatic carbocycles. The van der Waals surface area contributed by atoms with Gasteiger partial charge in [-0.25, -0.2) is 4.90 Å². The van der Waals surface area contributed by atoms with E-state index in [4.69, 9.17) is 4.84 Å². The third-order valence-corrected chi connectivity index (χ3v) is 5.31. The third-order valence-electron chi connectivity index (χ3n) is 5.31. The molecule has 30 heavy (non-hydrogen) atoms. The first-order valence-corrected chi connectivity index (χ1v) is 9.25. The summed E-state index contributed by atoms with van der Waals surface area (Å²) < 4.78 is 0. The standard InChI is InChI=1S/C22H15N3O5/c26-20-13-22(12-19(23-30-22)16-6-3-7-18(11-16)25(28)29)21(27)24(20)17-9-8-14-4-1-2-5-15(14)10-17/h1-12,23H,13H2/t22-/m0/s1. The monoisotopic (exact) mass is 401 g/mol. The fourth-order valence-electron chi connectivity index (χ4n) is 3.82. The van der Waals surface area contributed by atoms with E-state index >= 15 is 0 Å². The number of carbonyl (C=O) groups excluding carboxylic acids is 2. The Balaban J connectivity index is 1.50. The van der Waals surface area contributed by atoms with Gasteiger partial charge in [0.1, 0.15) is 0 Å². The van der Waals surface area contributed by atoms with Gasteiger partial charge in [0.15, 0.2) is 0 Å². The number of nitro benzene ring substituents is 1. The SMILES string of the molecule is O=C1C[C@@]2(C=C(c3cccc([N+](=O)[O-])c3)NO2)C(=O)N1c1ccc2ccccc2c1. The van der Waals surface area contributed by atoms with Crippen molar-refractivity contribution in [2.24, 2.45) is 0 Å². The van der Waals surface area contributed by atoms with Crippen molar-refractivity contribution >= 4 is 39.7 Å². The van der Waals surface area contributed by atoms with E-state index in [9.17, 15) is 19.7 Å². The molecule has 1 fully saturated rings. The van der Waals surface area contributed by atoms with Crippen molar-refractivity contribution < 1.29 is 19.3 Å². The number of nitro groups is 1. The Kier molecular flexibility index (Phi) is 3.90. The maximum absolute atomic E-state index is 13.2. The number of non-ortho nitro benzene ring substituents is 1. The molecule has 8 heteroatoms. The molecule has 8 nitrogen and oxygen atoms in total. The minimum absolute atomic E-state index is 0.0808. The van der Waals surface area contributed by atoms with Gasteiger partial charge in [0.2, 0.25) is 11.5 Å². The largest absolute Gasteiger partial charge is 0.274 e. The normalized spacial score (nSPS) is 20.7. The van der Waals surface area contributed by atoms with E-state index in [1.807, 2.05) is 30.3 Å². The molecule has 1 N–H and O–H groups in total. The lowest BCUT2D eigenvalue weighted by Crippen LogP contribution is -2.40. The second-order valence-electron chi connectivity index (χ2n) is 7.20. The summed E-state index contributed by atoms with van der Waals surface area (Å²) in [5, 5.41) is 12.9. The molecule has 0 saturated carbocycles. The summed E-state index contributed by atoms with van der Waals surface area (Å²) in [6, 6.07) is 19.0. The fourth-order valence-corrected chi connectivity index (χ4v) is 3.82. The molecule has 2 amide bonds. The molecule has 148 valence electrons. The molecular weight excluding hydrogens is 386 g/mol. The number of imide groups is 1. The highest BCUT2D eigenvalue weighted by Crippen LogP contribution is 2.38. The Morgan fingerprint density at radius 1 is 1.00 bits per heavy atom. The summed E-state index contributed by atoms with van der Waals surface area (Å²) in [6.45, 7) is 0. The molecule has 0 aliphatic carbocycles. The quantitative estimate of drug-likeness (QED) is 0.410. The van der Waals surface area contributed by atoms with Gasteiger partial charge in [-0.3, -0.25) is 30.0 Å². The van der Waals surface area contributed by atoms with E-state index in [1.54, 1.807) is 24.3 Å². The minimum atomic E-state index is -1.48. The number of amides is 2. The van der Waals surface area contributed by atoms with Crippen LogP contribution < -0.4 is 10.4 Å². The van der Waals surface area contributed by atoms with E-state index in [0.29, 0.717) is 16.9 Å². The Labute approximate surface area is 170 Å². The maximum Gasteiger partial charge on any atom is 0.273 e. The van der Waals surface area contributed by atoms with Crippen molar-refractivity contribution in [3.8, 4) is 0 Å². The van der Waals surface area contributed by atoms with Gasteiger partial charge in [0.25, 0.3) is 11.6 Å². The highest BCUT2D eigenvalue weighted by molar-refractivity contribution is 6.25. The van der Waals surface area contributed by atoms with E-state index in [2.05, 4.69) is 5.48 Å². The summed E-state index contributed by atoms with van der Waals surface area (Å²) >= 11 is 0. The number of benzene rings is 3. The van der Waals surface area contributed by atoms with Gasteiger partial charge < -0.3 is 0 Å². The van der Waals surface area contributed by atoms with Crippen LogP contribution in [-0.4, -0.2) is 22.3 Å². The fraction of sp³-hybridized carbons (Fsp3) is 0.0909. The van der Waals surface area contributed by atoms with Gasteiger partial charge in [0.05, 0.1) is 22.7 Å². The maximum atomic E-state index is 13.2. The van der Waals surface area contributed by atoms with Gasteiger partial charge in [0, 0.05) is 17.7 Å². The minimum Gasteiger partial charge on any atom is -0.274 e. The van der Waals surface area contributed by atoms with Crippen LogP contribution in [0.1, 0.15) is 12.0 Å². The Bertz CT molecular complexity index is 1270. The Hall–Kier alpha value is -4.04. The van der Waals surface area contributed by atoms with Crippen molar-refractivity contribution in [3.63, 3.8) is 0 Å². The lowest BCUT2D eigenvalue weighted by atomic mass is 9.99. The van der Waals surface area contributed by atoms with Gasteiger partial charge >= 0.3 is 0 Å². The molecule has 2 aliphatic heterocycles. The summed E-state index contributed by atoms with van der Waals surface area (Å²) in [6.07, 6.45) is 1.36. The highest BCUT2D eigenvalue weighted by atomic mass is 16.7. The van der Waals surface area contributed by atoms with Crippen LogP contribution in [0.2, 0.25) is 0 Å². The van der Waals surface area contributed by atoms with E-state index in [-0.39, 0.29) is 18.0 Å². The first kappa shape index (κ1) is 18.0. The van der Waals surface area contributed by atoms with Crippen molar-refractivity contribution in [1.29, 1.82) is 0 Å². The second kappa shape index (κ2) is 6.50. The van der Waals surface area contributed by atoms with Crippen molar-refractivity contribution in [2.45, 2.75) is 12.0 Å². The first-order chi connectivity index (χ1) is 14.5. The number of hydrogen-bond acceptors (Lipinski definition) is 6. The molecule has 1 spiro atoms. The van der Waals surface area contributed by atoms with Crippen LogP contribution in [0.3, 0.4) is 0 Å². The number of carbonyl (C=O) groups is 2. The molecule has 0 aromatic heterocycles. The van der Waals surface area contributed by atoms with Crippen molar-refractivity contribution in [2.75, 3.05) is 4.90 Å². The van der Waals surface area contributed by atoms with Crippen LogP contribution in [0.5, 0.6) is 0 Å². The Morgan fingerprint density at radius 2 is 1.80 bits per heavy atom. The summed E-state index contributed by atoms with van der Waals surface area (Å²) in [5.74, 6) is -0.885. The molecule has 3 aromatic rings. The molecular formula is C22H15N3O5. The van der Waals surface area contributed by atoms with Crippen LogP contribution in [0, 0.1) is 10.1 Å². The highest BCUT2D eigenvalue weighted by Gasteiger charge is 2.55. The third kappa shape index (κ3) is 2.73. The zero-order chi connectivity index (χ0) is 20.9. The van der Waals surface area contributed by atoms with Gasteiger partial charge in [-0.15, -0.1) is 0 Å². The average Bonchev–Trinajstić information content (AvgIpc) is 3.29. The molecule has 0 radical (unpaired) electrons. The second-order valence-corrected chi connectivity index (χ2v) is 7.20. The molecule has 1 saturated heterocycles. The lowest BCUT2D eigenvalue weighted by molar-refractivity contribution is -0.384. The summed E-state index contributed by atoms with van der Waals surface area (Å²) in [5.41, 5.74) is 2.47. The van der Waals surface area contributed by atoms with Crippen LogP contribution in [0.25, 0.3) is 16.5 Å². The van der Waals surface area contributed by atoms with Crippen LogP contribution in [0.15, 0.2) is 72.8 Å². The molecule has 0 unspecified atom stereocenters. The number of nitrogens with one attached hydrogen (secondary N) is 1. The molecule has 2 heterocycles. The number of hydrogen-bond donors (Lipinski definition) is 1. The van der Waals surface area contributed by atoms with Gasteiger partial charge in [-0.2, -0.15) is 0 Å². The zero-order valence-corrected chi connectivity index (χ0v) is 15.6. The van der Waals surface area contributed by atoms with Gasteiger partial charge in [-0.1, -0.05) is 42.5 Å². The molecule has 1 atom stereocenters. The van der Waals surface area contributed by atoms with E-state index in [0.717, 1.165) is 15.7 Å². The molecule has 5 rings (SSSR count). The number of nitrogens with zero attached hydrogens (tertiary/aromatic N) is 2. The Morgan fingerprint density at radius 3 is 2.60 bits per heavy atom. The molecule has 0 bridgehead atoms. The smallest absolute Gasteiger partial charge is 0.273 e. The van der Waals surface area contributed by atoms with Gasteiger partial charge in [-0.05, 0) is 29.0 Å². The summed E-state index contributed by atoms with van der Waals surface area (Å²) in [7, 11) is 0. The summed E-state index contributed by atoms with van der Waals surface area (Å²) in [4.78, 5) is 43.2. The first-order valence-electron chi connectivity index (χ1n) is 9.25. The van der Waals surface area contributed by atoms with E-state index < -0.39 is 16.4 Å². The average molecular weight is 401 g/mol. The van der Waals surface area contributed by atoms with Crippen molar-refractivity contribution in [1.82, 2.24) is 5.48 Å². The lowest BCUT2D eigenvalue weighted by Gasteiger charge is -2.19. The van der Waals surface area contributed by atoms with Crippen LogP contribution in [-0.2, 0) is 14.4 Å². The number of rotatable bonds is 3. The van der Waals surface area contributed by atoms with Crippen LogP contribution in [0.4, 0.5) is 11.4 Å². The number of anilines is 1.